The van der Waals surface area contributed by atoms with E-state index in [0.717, 1.165) is 10.1 Å². The number of pyridine rings is 1. The zero-order chi connectivity index (χ0) is 14.4. The Labute approximate surface area is 111 Å². The van der Waals surface area contributed by atoms with Crippen LogP contribution in [0.4, 0.5) is 19.1 Å². The smallest absolute Gasteiger partial charge is 0.207 e. The van der Waals surface area contributed by atoms with Crippen LogP contribution in [0.3, 0.4) is 0 Å². The second kappa shape index (κ2) is 4.22. The zero-order valence-electron chi connectivity index (χ0n) is 10.4. The molecule has 0 saturated heterocycles. The van der Waals surface area contributed by atoms with Gasteiger partial charge in [0.25, 0.3) is 0 Å². The first kappa shape index (κ1) is 12.5. The Morgan fingerprint density at radius 1 is 1.10 bits per heavy atom. The van der Waals surface area contributed by atoms with Crippen LogP contribution < -0.4 is 5.73 Å². The number of rotatable bonds is 1. The molecule has 2 heterocycles. The highest BCUT2D eigenvalue weighted by Gasteiger charge is 2.19. The second-order valence-electron chi connectivity index (χ2n) is 4.38. The molecule has 1 aromatic carbocycles. The van der Waals surface area contributed by atoms with Gasteiger partial charge in [0, 0.05) is 18.3 Å². The molecular weight excluding hydrogens is 269 g/mol. The normalized spacial score (nSPS) is 11.2. The number of nitrogens with two attached hydrogens (primary N) is 1. The Morgan fingerprint density at radius 2 is 1.75 bits per heavy atom. The van der Waals surface area contributed by atoms with E-state index in [4.69, 9.17) is 5.73 Å². The lowest BCUT2D eigenvalue weighted by molar-refractivity contribution is 0.535. The van der Waals surface area contributed by atoms with E-state index in [9.17, 15) is 13.2 Å². The molecule has 0 aliphatic rings. The summed E-state index contributed by atoms with van der Waals surface area (Å²) in [4.78, 5) is 8.08. The lowest BCUT2D eigenvalue weighted by Gasteiger charge is -2.08. The quantitative estimate of drug-likeness (QED) is 0.744. The van der Waals surface area contributed by atoms with E-state index in [0.29, 0.717) is 17.6 Å². The Bertz CT molecular complexity index is 803. The third-order valence-corrected chi connectivity index (χ3v) is 2.87. The van der Waals surface area contributed by atoms with Gasteiger partial charge in [-0.15, -0.1) is 0 Å². The number of fused-ring (bicyclic) bond motifs is 1. The lowest BCUT2D eigenvalue weighted by atomic mass is 10.2. The van der Waals surface area contributed by atoms with Crippen molar-refractivity contribution in [3.63, 3.8) is 0 Å². The molecule has 0 bridgehead atoms. The molecular formula is C13H9F3N4. The molecule has 0 atom stereocenters. The van der Waals surface area contributed by atoms with E-state index in [1.807, 2.05) is 0 Å². The van der Waals surface area contributed by atoms with Gasteiger partial charge in [-0.25, -0.2) is 23.1 Å². The molecule has 20 heavy (non-hydrogen) atoms. The van der Waals surface area contributed by atoms with E-state index in [1.165, 1.54) is 6.20 Å². The predicted molar refractivity (Wildman–Crippen MR) is 67.9 cm³/mol. The molecule has 0 saturated carbocycles. The third kappa shape index (κ3) is 1.78. The Hall–Kier alpha value is -2.57. The summed E-state index contributed by atoms with van der Waals surface area (Å²) in [5.74, 6) is -3.27. The van der Waals surface area contributed by atoms with Crippen molar-refractivity contribution >= 4 is 17.1 Å². The average Bonchev–Trinajstić information content (AvgIpc) is 2.64. The van der Waals surface area contributed by atoms with Crippen LogP contribution in [0, 0.1) is 24.4 Å². The molecule has 3 aromatic rings. The van der Waals surface area contributed by atoms with Crippen molar-refractivity contribution in [1.29, 1.82) is 0 Å². The van der Waals surface area contributed by atoms with Crippen LogP contribution in [0.25, 0.3) is 16.9 Å². The van der Waals surface area contributed by atoms with Crippen LogP contribution in [-0.2, 0) is 0 Å². The molecule has 0 aliphatic carbocycles. The molecule has 0 fully saturated rings. The Balaban J connectivity index is 2.38. The van der Waals surface area contributed by atoms with E-state index in [1.54, 1.807) is 13.0 Å². The largest absolute Gasteiger partial charge is 0.369 e. The highest BCUT2D eigenvalue weighted by molar-refractivity contribution is 5.77. The molecule has 0 aliphatic heterocycles. The van der Waals surface area contributed by atoms with Gasteiger partial charge in [-0.05, 0) is 18.6 Å². The summed E-state index contributed by atoms with van der Waals surface area (Å²) >= 11 is 0. The number of halogens is 3. The van der Waals surface area contributed by atoms with Gasteiger partial charge >= 0.3 is 0 Å². The number of aromatic nitrogens is 3. The summed E-state index contributed by atoms with van der Waals surface area (Å²) in [7, 11) is 0. The van der Waals surface area contributed by atoms with Crippen LogP contribution in [0.2, 0.25) is 0 Å². The van der Waals surface area contributed by atoms with Gasteiger partial charge in [0.1, 0.15) is 17.0 Å². The molecule has 2 N–H and O–H groups in total. The van der Waals surface area contributed by atoms with Crippen molar-refractivity contribution in [2.45, 2.75) is 6.92 Å². The van der Waals surface area contributed by atoms with Gasteiger partial charge in [-0.2, -0.15) is 0 Å². The van der Waals surface area contributed by atoms with Crippen LogP contribution in [0.1, 0.15) is 5.56 Å². The van der Waals surface area contributed by atoms with Crippen molar-refractivity contribution in [3.05, 3.63) is 47.4 Å². The minimum atomic E-state index is -1.07. The highest BCUT2D eigenvalue weighted by atomic mass is 19.1. The average molecular weight is 278 g/mol. The third-order valence-electron chi connectivity index (χ3n) is 2.87. The first-order valence-corrected chi connectivity index (χ1v) is 5.73. The number of hydrogen-bond donors (Lipinski definition) is 1. The molecule has 0 unspecified atom stereocenters. The van der Waals surface area contributed by atoms with Crippen LogP contribution in [-0.4, -0.2) is 14.5 Å². The first-order valence-electron chi connectivity index (χ1n) is 5.73. The predicted octanol–water partition coefficient (Wildman–Crippen LogP) is 2.73. The van der Waals surface area contributed by atoms with Gasteiger partial charge in [-0.1, -0.05) is 0 Å². The Morgan fingerprint density at radius 3 is 2.40 bits per heavy atom. The second-order valence-corrected chi connectivity index (χ2v) is 4.38. The molecule has 0 radical (unpaired) electrons. The van der Waals surface area contributed by atoms with E-state index < -0.39 is 23.1 Å². The molecule has 4 nitrogen and oxygen atoms in total. The fourth-order valence-corrected chi connectivity index (χ4v) is 2.05. The fourth-order valence-electron chi connectivity index (χ4n) is 2.05. The zero-order valence-corrected chi connectivity index (χ0v) is 10.4. The summed E-state index contributed by atoms with van der Waals surface area (Å²) in [6.45, 7) is 1.81. The van der Waals surface area contributed by atoms with E-state index in [2.05, 4.69) is 9.97 Å². The SMILES string of the molecule is Cc1cnc2c(c1)nc(N)n2-c1c(F)cc(F)cc1F. The van der Waals surface area contributed by atoms with Gasteiger partial charge in [0.2, 0.25) is 5.95 Å². The Kier molecular flexibility index (Phi) is 2.63. The summed E-state index contributed by atoms with van der Waals surface area (Å²) in [6.07, 6.45) is 1.53. The van der Waals surface area contributed by atoms with Crippen LogP contribution in [0.15, 0.2) is 24.4 Å². The maximum absolute atomic E-state index is 13.8. The standard InChI is InChI=1S/C13H9F3N4/c1-6-2-10-12(18-5-6)20(13(17)19-10)11-8(15)3-7(14)4-9(11)16/h2-5H,1H3,(H2,17,19). The van der Waals surface area contributed by atoms with Gasteiger partial charge < -0.3 is 5.73 Å². The maximum atomic E-state index is 13.8. The number of nitrogens with zero attached hydrogens (tertiary/aromatic N) is 3. The van der Waals surface area contributed by atoms with Gasteiger partial charge in [-0.3, -0.25) is 4.57 Å². The van der Waals surface area contributed by atoms with Crippen molar-refractivity contribution < 1.29 is 13.2 Å². The van der Waals surface area contributed by atoms with Crippen molar-refractivity contribution in [2.24, 2.45) is 0 Å². The molecule has 0 spiro atoms. The van der Waals surface area contributed by atoms with Crippen molar-refractivity contribution in [3.8, 4) is 5.69 Å². The monoisotopic (exact) mass is 278 g/mol. The summed E-state index contributed by atoms with van der Waals surface area (Å²) in [5.41, 5.74) is 6.65. The van der Waals surface area contributed by atoms with Crippen molar-refractivity contribution in [2.75, 3.05) is 5.73 Å². The molecule has 7 heteroatoms. The van der Waals surface area contributed by atoms with Gasteiger partial charge in [0.15, 0.2) is 17.3 Å². The molecule has 102 valence electrons. The van der Waals surface area contributed by atoms with Crippen LogP contribution in [0.5, 0.6) is 0 Å². The lowest BCUT2D eigenvalue weighted by Crippen LogP contribution is -2.07. The van der Waals surface area contributed by atoms with E-state index in [-0.39, 0.29) is 11.6 Å². The fraction of sp³-hybridized carbons (Fsp3) is 0.0769. The molecule has 3 rings (SSSR count). The minimum absolute atomic E-state index is 0.123. The number of benzene rings is 1. The highest BCUT2D eigenvalue weighted by Crippen LogP contribution is 2.26. The number of nitrogen functional groups attached to an aromatic ring is 1. The number of aryl methyl sites for hydroxylation is 1. The van der Waals surface area contributed by atoms with Gasteiger partial charge in [0.05, 0.1) is 0 Å². The number of anilines is 1. The van der Waals surface area contributed by atoms with Crippen LogP contribution >= 0.6 is 0 Å². The molecule has 0 amide bonds. The number of imidazole rings is 1. The number of hydrogen-bond acceptors (Lipinski definition) is 3. The molecule has 2 aromatic heterocycles. The summed E-state index contributed by atoms with van der Waals surface area (Å²) in [5, 5.41) is 0. The summed E-state index contributed by atoms with van der Waals surface area (Å²) in [6, 6.07) is 2.85. The van der Waals surface area contributed by atoms with E-state index >= 15 is 0 Å². The maximum Gasteiger partial charge on any atom is 0.207 e. The topological polar surface area (TPSA) is 56.7 Å². The minimum Gasteiger partial charge on any atom is -0.369 e. The first-order chi connectivity index (χ1) is 9.47. The summed E-state index contributed by atoms with van der Waals surface area (Å²) < 4.78 is 41.7. The van der Waals surface area contributed by atoms with Crippen molar-refractivity contribution in [1.82, 2.24) is 14.5 Å².